The molecule has 0 aromatic carbocycles. The first-order valence-corrected chi connectivity index (χ1v) is 2.04. The summed E-state index contributed by atoms with van der Waals surface area (Å²) < 4.78 is 42.1. The summed E-state index contributed by atoms with van der Waals surface area (Å²) in [7, 11) is 0. The predicted octanol–water partition coefficient (Wildman–Crippen LogP) is 1.09. The largest absolute Gasteiger partial charge is 0.261 e. The third-order valence-corrected chi connectivity index (χ3v) is 0.635. The van der Waals surface area contributed by atoms with Crippen LogP contribution in [0.15, 0.2) is 12.4 Å². The SMILES string of the molecule is [2H]C([2H])([2H])c1cncc(C([2H])([2H])[2H])n1. The van der Waals surface area contributed by atoms with Gasteiger partial charge in [-0.25, -0.2) is 0 Å². The summed E-state index contributed by atoms with van der Waals surface area (Å²) >= 11 is 0. The molecule has 0 spiro atoms. The zero-order valence-electron chi connectivity index (χ0n) is 10.0. The molecule has 0 amide bonds. The van der Waals surface area contributed by atoms with Crippen molar-refractivity contribution in [1.29, 1.82) is 0 Å². The minimum Gasteiger partial charge on any atom is -0.261 e. The molecule has 0 radical (unpaired) electrons. The van der Waals surface area contributed by atoms with E-state index in [0.29, 0.717) is 0 Å². The van der Waals surface area contributed by atoms with Gasteiger partial charge in [0.05, 0.1) is 11.4 Å². The van der Waals surface area contributed by atoms with Gasteiger partial charge in [-0.15, -0.1) is 0 Å². The van der Waals surface area contributed by atoms with Gasteiger partial charge in [0, 0.05) is 20.6 Å². The van der Waals surface area contributed by atoms with Gasteiger partial charge >= 0.3 is 0 Å². The van der Waals surface area contributed by atoms with Gasteiger partial charge in [0.2, 0.25) is 0 Å². The quantitative estimate of drug-likeness (QED) is 0.504. The topological polar surface area (TPSA) is 25.8 Å². The van der Waals surface area contributed by atoms with E-state index in [1.807, 2.05) is 0 Å². The van der Waals surface area contributed by atoms with Crippen molar-refractivity contribution in [1.82, 2.24) is 9.97 Å². The Morgan fingerprint density at radius 1 is 1.38 bits per heavy atom. The van der Waals surface area contributed by atoms with E-state index in [4.69, 9.17) is 8.22 Å². The molecule has 0 aliphatic carbocycles. The molecule has 1 aromatic heterocycles. The van der Waals surface area contributed by atoms with Crippen LogP contribution in [-0.2, 0) is 0 Å². The highest BCUT2D eigenvalue weighted by Gasteiger charge is 1.83. The molecule has 0 unspecified atom stereocenters. The zero-order chi connectivity index (χ0) is 11.0. The van der Waals surface area contributed by atoms with E-state index >= 15 is 0 Å². The number of nitrogens with zero attached hydrogens (tertiary/aromatic N) is 2. The van der Waals surface area contributed by atoms with E-state index in [1.165, 1.54) is 0 Å². The van der Waals surface area contributed by atoms with E-state index in [2.05, 4.69) is 9.97 Å². The minimum atomic E-state index is -2.42. The second-order valence-corrected chi connectivity index (χ2v) is 1.29. The van der Waals surface area contributed by atoms with Crippen molar-refractivity contribution in [2.45, 2.75) is 13.7 Å². The molecule has 0 bridgehead atoms. The van der Waals surface area contributed by atoms with Gasteiger partial charge in [0.1, 0.15) is 0 Å². The van der Waals surface area contributed by atoms with Gasteiger partial charge in [-0.3, -0.25) is 9.97 Å². The Labute approximate surface area is 57.0 Å². The third-order valence-electron chi connectivity index (χ3n) is 0.635. The van der Waals surface area contributed by atoms with Crippen LogP contribution in [0.4, 0.5) is 0 Å². The number of rotatable bonds is 0. The van der Waals surface area contributed by atoms with Gasteiger partial charge in [-0.2, -0.15) is 0 Å². The first kappa shape index (κ1) is 1.53. The number of hydrogen-bond donors (Lipinski definition) is 0. The van der Waals surface area contributed by atoms with Crippen LogP contribution in [-0.4, -0.2) is 9.97 Å². The van der Waals surface area contributed by atoms with Gasteiger partial charge in [-0.1, -0.05) is 0 Å². The number of aryl methyl sites for hydroxylation is 2. The smallest absolute Gasteiger partial charge is 0.0558 e. The zero-order valence-corrected chi connectivity index (χ0v) is 4.05. The summed E-state index contributed by atoms with van der Waals surface area (Å²) in [5.41, 5.74) is -0.600. The lowest BCUT2D eigenvalue weighted by molar-refractivity contribution is 1.05. The average molecular weight is 114 g/mol. The summed E-state index contributed by atoms with van der Waals surface area (Å²) in [5.74, 6) is 0. The lowest BCUT2D eigenvalue weighted by Crippen LogP contribution is -1.85. The van der Waals surface area contributed by atoms with Crippen molar-refractivity contribution in [2.24, 2.45) is 0 Å². The van der Waals surface area contributed by atoms with E-state index in [1.54, 1.807) is 0 Å². The molecule has 0 aliphatic heterocycles. The summed E-state index contributed by atoms with van der Waals surface area (Å²) in [6.45, 7) is -4.84. The van der Waals surface area contributed by atoms with Crippen LogP contribution in [0.1, 0.15) is 19.6 Å². The molecule has 1 heterocycles. The molecule has 0 saturated carbocycles. The lowest BCUT2D eigenvalue weighted by Gasteiger charge is -1.89. The first-order valence-electron chi connectivity index (χ1n) is 5.04. The standard InChI is InChI=1S/C6H8N2/c1-5-3-7-4-6(2)8-5/h3-4H,1-2H3/i1D3,2D3. The predicted molar refractivity (Wildman–Crippen MR) is 31.5 cm³/mol. The van der Waals surface area contributed by atoms with E-state index < -0.39 is 13.7 Å². The maximum Gasteiger partial charge on any atom is 0.0558 e. The fraction of sp³-hybridized carbons (Fsp3) is 0.333. The summed E-state index contributed by atoms with van der Waals surface area (Å²) in [6, 6.07) is 0. The highest BCUT2D eigenvalue weighted by Crippen LogP contribution is 1.89. The van der Waals surface area contributed by atoms with Crippen molar-refractivity contribution in [2.75, 3.05) is 0 Å². The molecule has 42 valence electrons. The molecule has 1 rings (SSSR count). The first-order chi connectivity index (χ1) is 6.21. The monoisotopic (exact) mass is 114 g/mol. The van der Waals surface area contributed by atoms with Crippen LogP contribution >= 0.6 is 0 Å². The molecular weight excluding hydrogens is 100 g/mol. The van der Waals surface area contributed by atoms with E-state index in [9.17, 15) is 0 Å². The maximum atomic E-state index is 7.02. The molecule has 0 N–H and O–H groups in total. The highest BCUT2D eigenvalue weighted by molar-refractivity contribution is 4.98. The Balaban J connectivity index is 3.15. The molecule has 2 heteroatoms. The second kappa shape index (κ2) is 1.90. The number of aromatic nitrogens is 2. The Bertz CT molecular complexity index is 299. The van der Waals surface area contributed by atoms with Crippen LogP contribution in [0, 0.1) is 13.7 Å². The lowest BCUT2D eigenvalue weighted by atomic mass is 10.4. The van der Waals surface area contributed by atoms with Crippen molar-refractivity contribution >= 4 is 0 Å². The molecule has 0 saturated heterocycles. The Morgan fingerprint density at radius 3 is 2.50 bits per heavy atom. The van der Waals surface area contributed by atoms with Gasteiger partial charge in [0.15, 0.2) is 0 Å². The fourth-order valence-electron chi connectivity index (χ4n) is 0.366. The fourth-order valence-corrected chi connectivity index (χ4v) is 0.366. The van der Waals surface area contributed by atoms with Gasteiger partial charge in [-0.05, 0) is 13.7 Å². The number of hydrogen-bond acceptors (Lipinski definition) is 2. The summed E-state index contributed by atoms with van der Waals surface area (Å²) in [5, 5.41) is 0. The normalized spacial score (nSPS) is 23.5. The van der Waals surface area contributed by atoms with Gasteiger partial charge in [0.25, 0.3) is 0 Å². The molecular formula is C6H8N2. The van der Waals surface area contributed by atoms with Crippen molar-refractivity contribution < 1.29 is 8.22 Å². The molecule has 1 aromatic rings. The molecule has 2 nitrogen and oxygen atoms in total. The Kier molecular flexibility index (Phi) is 0.364. The minimum absolute atomic E-state index is 0.300. The van der Waals surface area contributed by atoms with E-state index in [0.717, 1.165) is 12.4 Å². The van der Waals surface area contributed by atoms with Crippen LogP contribution in [0.5, 0.6) is 0 Å². The molecule has 0 fully saturated rings. The molecule has 0 atom stereocenters. The third kappa shape index (κ3) is 1.03. The van der Waals surface area contributed by atoms with Crippen molar-refractivity contribution in [3.63, 3.8) is 0 Å². The molecule has 8 heavy (non-hydrogen) atoms. The Morgan fingerprint density at radius 2 is 2.00 bits per heavy atom. The van der Waals surface area contributed by atoms with Crippen LogP contribution in [0.3, 0.4) is 0 Å². The van der Waals surface area contributed by atoms with Crippen LogP contribution < -0.4 is 0 Å². The van der Waals surface area contributed by atoms with E-state index in [-0.39, 0.29) is 11.4 Å². The van der Waals surface area contributed by atoms with Crippen molar-refractivity contribution in [3.05, 3.63) is 23.8 Å². The average Bonchev–Trinajstić information content (AvgIpc) is 2.01. The Hall–Kier alpha value is -0.920. The molecule has 0 aliphatic rings. The van der Waals surface area contributed by atoms with Crippen LogP contribution in [0.2, 0.25) is 0 Å². The summed E-state index contributed by atoms with van der Waals surface area (Å²) in [6.07, 6.45) is 2.09. The van der Waals surface area contributed by atoms with Crippen LogP contribution in [0.25, 0.3) is 0 Å². The maximum absolute atomic E-state index is 7.02. The highest BCUT2D eigenvalue weighted by atomic mass is 14.8. The van der Waals surface area contributed by atoms with Crippen molar-refractivity contribution in [3.8, 4) is 0 Å². The summed E-state index contributed by atoms with van der Waals surface area (Å²) in [4.78, 5) is 7.06. The van der Waals surface area contributed by atoms with Gasteiger partial charge < -0.3 is 0 Å². The second-order valence-electron chi connectivity index (χ2n) is 1.29.